The molecule has 9 nitrogen and oxygen atoms in total. The number of hydrogen-bond acceptors (Lipinski definition) is 9. The number of ether oxygens (including phenoxy) is 4. The molecule has 2 aromatic carbocycles. The summed E-state index contributed by atoms with van der Waals surface area (Å²) in [7, 11) is 4.70. The van der Waals surface area contributed by atoms with Gasteiger partial charge in [-0.25, -0.2) is 9.78 Å². The number of thiazole rings is 1. The van der Waals surface area contributed by atoms with Crippen LogP contribution >= 0.6 is 11.3 Å². The number of carboxylic acids is 1. The Kier molecular flexibility index (Phi) is 9.04. The molecule has 10 heteroatoms. The number of carbonyl (C=O) groups excluding carboxylic acids is 1. The SMILES string of the molecule is CCOC(=O)CN(Cc1ccc(OC)cc1OC)Cc1nc(-c2ccc(OC)cc2)sc1C(=O)O. The predicted octanol–water partition coefficient (Wildman–Crippen LogP) is 4.10. The molecular formula is C25H28N2O7S. The summed E-state index contributed by atoms with van der Waals surface area (Å²) < 4.78 is 21.1. The lowest BCUT2D eigenvalue weighted by molar-refractivity contribution is -0.144. The number of nitrogens with zero attached hydrogens (tertiary/aromatic N) is 2. The van der Waals surface area contributed by atoms with Crippen molar-refractivity contribution in [3.63, 3.8) is 0 Å². The van der Waals surface area contributed by atoms with Gasteiger partial charge in [-0.1, -0.05) is 6.07 Å². The second-order valence-electron chi connectivity index (χ2n) is 7.46. The standard InChI is InChI=1S/C25H28N2O7S/c1-5-34-22(28)15-27(13-17-8-11-19(32-3)12-21(17)33-4)14-20-23(25(29)30)35-24(26-20)16-6-9-18(31-2)10-7-16/h6-12H,5,13-15H2,1-4H3,(H,29,30). The van der Waals surface area contributed by atoms with E-state index in [2.05, 4.69) is 4.98 Å². The van der Waals surface area contributed by atoms with Gasteiger partial charge in [0.1, 0.15) is 27.1 Å². The van der Waals surface area contributed by atoms with E-state index in [4.69, 9.17) is 18.9 Å². The minimum absolute atomic E-state index is 0.0442. The molecule has 3 rings (SSSR count). The minimum atomic E-state index is -1.07. The Morgan fingerprint density at radius 1 is 0.971 bits per heavy atom. The first-order valence-electron chi connectivity index (χ1n) is 10.8. The van der Waals surface area contributed by atoms with Crippen LogP contribution in [0.15, 0.2) is 42.5 Å². The topological polar surface area (TPSA) is 107 Å². The van der Waals surface area contributed by atoms with Crippen LogP contribution < -0.4 is 14.2 Å². The summed E-state index contributed by atoms with van der Waals surface area (Å²) in [5.41, 5.74) is 1.95. The van der Waals surface area contributed by atoms with Crippen LogP contribution in [-0.4, -0.2) is 61.4 Å². The molecule has 35 heavy (non-hydrogen) atoms. The van der Waals surface area contributed by atoms with E-state index >= 15 is 0 Å². The number of carbonyl (C=O) groups is 2. The Hall–Kier alpha value is -3.63. The van der Waals surface area contributed by atoms with Crippen molar-refractivity contribution in [3.8, 4) is 27.8 Å². The normalized spacial score (nSPS) is 10.8. The first kappa shape index (κ1) is 26.0. The molecule has 1 aromatic heterocycles. The van der Waals surface area contributed by atoms with E-state index in [-0.39, 0.29) is 24.6 Å². The molecular weight excluding hydrogens is 472 g/mol. The third kappa shape index (κ3) is 6.71. The Balaban J connectivity index is 1.93. The molecule has 0 radical (unpaired) electrons. The van der Waals surface area contributed by atoms with Crippen molar-refractivity contribution < 1.29 is 33.6 Å². The molecule has 0 aliphatic rings. The highest BCUT2D eigenvalue weighted by Crippen LogP contribution is 2.31. The summed E-state index contributed by atoms with van der Waals surface area (Å²) in [6.45, 7) is 2.37. The maximum absolute atomic E-state index is 12.3. The van der Waals surface area contributed by atoms with Crippen molar-refractivity contribution in [2.45, 2.75) is 20.0 Å². The summed E-state index contributed by atoms with van der Waals surface area (Å²) in [4.78, 5) is 30.9. The summed E-state index contributed by atoms with van der Waals surface area (Å²) in [5.74, 6) is 0.434. The number of rotatable bonds is 12. The van der Waals surface area contributed by atoms with Crippen molar-refractivity contribution in [1.29, 1.82) is 0 Å². The van der Waals surface area contributed by atoms with Gasteiger partial charge in [0, 0.05) is 30.3 Å². The molecule has 0 aliphatic carbocycles. The molecule has 0 spiro atoms. The van der Waals surface area contributed by atoms with E-state index in [1.165, 1.54) is 0 Å². The molecule has 0 saturated heterocycles. The minimum Gasteiger partial charge on any atom is -0.497 e. The fourth-order valence-corrected chi connectivity index (χ4v) is 4.39. The molecule has 1 N–H and O–H groups in total. The van der Waals surface area contributed by atoms with Gasteiger partial charge in [-0.2, -0.15) is 0 Å². The molecule has 0 amide bonds. The average Bonchev–Trinajstić information content (AvgIpc) is 3.28. The number of carboxylic acid groups (broad SMARTS) is 1. The van der Waals surface area contributed by atoms with Gasteiger partial charge < -0.3 is 24.1 Å². The van der Waals surface area contributed by atoms with Crippen LogP contribution in [-0.2, 0) is 22.6 Å². The Labute approximate surface area is 207 Å². The zero-order valence-corrected chi connectivity index (χ0v) is 20.9. The number of esters is 1. The highest BCUT2D eigenvalue weighted by atomic mass is 32.1. The first-order chi connectivity index (χ1) is 16.9. The summed E-state index contributed by atoms with van der Waals surface area (Å²) in [6.07, 6.45) is 0. The second-order valence-corrected chi connectivity index (χ2v) is 8.46. The number of aromatic nitrogens is 1. The molecule has 186 valence electrons. The van der Waals surface area contributed by atoms with Gasteiger partial charge >= 0.3 is 11.9 Å². The maximum Gasteiger partial charge on any atom is 0.347 e. The van der Waals surface area contributed by atoms with Crippen molar-refractivity contribution >= 4 is 23.3 Å². The molecule has 0 bridgehead atoms. The zero-order valence-electron chi connectivity index (χ0n) is 20.1. The third-order valence-corrected chi connectivity index (χ3v) is 6.28. The first-order valence-corrected chi connectivity index (χ1v) is 11.7. The lowest BCUT2D eigenvalue weighted by atomic mass is 10.1. The molecule has 0 saturated carbocycles. The molecule has 1 heterocycles. The van der Waals surface area contributed by atoms with Gasteiger partial charge in [-0.05, 0) is 37.3 Å². The number of methoxy groups -OCH3 is 3. The fourth-order valence-electron chi connectivity index (χ4n) is 3.48. The summed E-state index contributed by atoms with van der Waals surface area (Å²) >= 11 is 1.09. The van der Waals surface area contributed by atoms with Crippen molar-refractivity contribution in [1.82, 2.24) is 9.88 Å². The van der Waals surface area contributed by atoms with Crippen LogP contribution in [0.5, 0.6) is 17.2 Å². The summed E-state index contributed by atoms with van der Waals surface area (Å²) in [5, 5.41) is 10.4. The summed E-state index contributed by atoms with van der Waals surface area (Å²) in [6, 6.07) is 12.6. The van der Waals surface area contributed by atoms with Gasteiger partial charge in [-0.3, -0.25) is 9.69 Å². The Morgan fingerprint density at radius 2 is 1.66 bits per heavy atom. The number of hydrogen-bond donors (Lipinski definition) is 1. The second kappa shape index (κ2) is 12.2. The zero-order chi connectivity index (χ0) is 25.4. The number of benzene rings is 2. The van der Waals surface area contributed by atoms with E-state index in [1.807, 2.05) is 18.2 Å². The monoisotopic (exact) mass is 500 g/mol. The van der Waals surface area contributed by atoms with Gasteiger partial charge in [0.25, 0.3) is 0 Å². The van der Waals surface area contributed by atoms with Crippen LogP contribution in [0.25, 0.3) is 10.6 Å². The number of aromatic carboxylic acids is 1. The van der Waals surface area contributed by atoms with E-state index in [1.54, 1.807) is 57.4 Å². The molecule has 0 fully saturated rings. The van der Waals surface area contributed by atoms with Crippen LogP contribution in [0.4, 0.5) is 0 Å². The van der Waals surface area contributed by atoms with Gasteiger partial charge in [0.2, 0.25) is 0 Å². The highest BCUT2D eigenvalue weighted by Gasteiger charge is 2.23. The molecule has 0 atom stereocenters. The van der Waals surface area contributed by atoms with Crippen molar-refractivity contribution in [3.05, 3.63) is 58.6 Å². The lowest BCUT2D eigenvalue weighted by Gasteiger charge is -2.22. The molecule has 0 unspecified atom stereocenters. The van der Waals surface area contributed by atoms with Gasteiger partial charge in [-0.15, -0.1) is 11.3 Å². The van der Waals surface area contributed by atoms with E-state index in [0.717, 1.165) is 22.5 Å². The fraction of sp³-hybridized carbons (Fsp3) is 0.320. The van der Waals surface area contributed by atoms with Crippen LogP contribution in [0.1, 0.15) is 27.9 Å². The molecule has 3 aromatic rings. The van der Waals surface area contributed by atoms with Crippen LogP contribution in [0.3, 0.4) is 0 Å². The van der Waals surface area contributed by atoms with Crippen molar-refractivity contribution in [2.75, 3.05) is 34.5 Å². The lowest BCUT2D eigenvalue weighted by Crippen LogP contribution is -2.31. The highest BCUT2D eigenvalue weighted by molar-refractivity contribution is 7.17. The van der Waals surface area contributed by atoms with E-state index in [9.17, 15) is 14.7 Å². The quantitative estimate of drug-likeness (QED) is 0.368. The largest absolute Gasteiger partial charge is 0.497 e. The maximum atomic E-state index is 12.3. The smallest absolute Gasteiger partial charge is 0.347 e. The Morgan fingerprint density at radius 3 is 2.26 bits per heavy atom. The third-order valence-electron chi connectivity index (χ3n) is 5.15. The Bertz CT molecular complexity index is 1160. The van der Waals surface area contributed by atoms with Crippen LogP contribution in [0.2, 0.25) is 0 Å². The van der Waals surface area contributed by atoms with E-state index in [0.29, 0.717) is 34.5 Å². The average molecular weight is 501 g/mol. The van der Waals surface area contributed by atoms with Gasteiger partial charge in [0.15, 0.2) is 0 Å². The van der Waals surface area contributed by atoms with Crippen molar-refractivity contribution in [2.24, 2.45) is 0 Å². The van der Waals surface area contributed by atoms with E-state index < -0.39 is 11.9 Å². The predicted molar refractivity (Wildman–Crippen MR) is 131 cm³/mol. The molecule has 0 aliphatic heterocycles. The van der Waals surface area contributed by atoms with Gasteiger partial charge in [0.05, 0.1) is 40.2 Å². The van der Waals surface area contributed by atoms with Crippen LogP contribution in [0, 0.1) is 0 Å².